The molecule has 1 aromatic rings. The van der Waals surface area contributed by atoms with Crippen LogP contribution in [0.2, 0.25) is 0 Å². The zero-order chi connectivity index (χ0) is 8.39. The molecule has 1 aliphatic heterocycles. The Morgan fingerprint density at radius 1 is 1.42 bits per heavy atom. The molecule has 2 N–H and O–H groups in total. The first-order chi connectivity index (χ1) is 5.86. The van der Waals surface area contributed by atoms with E-state index in [0.717, 1.165) is 18.7 Å². The number of hydrogen-bond acceptors (Lipinski definition) is 2. The Kier molecular flexibility index (Phi) is 2.00. The van der Waals surface area contributed by atoms with E-state index in [0.29, 0.717) is 0 Å². The number of anilines is 1. The number of benzene rings is 1. The van der Waals surface area contributed by atoms with Crippen LogP contribution in [0.4, 0.5) is 5.69 Å². The van der Waals surface area contributed by atoms with Crippen LogP contribution in [-0.2, 0) is 4.74 Å². The van der Waals surface area contributed by atoms with Crippen LogP contribution in [0.25, 0.3) is 0 Å². The summed E-state index contributed by atoms with van der Waals surface area (Å²) in [5, 5.41) is 0. The molecule has 0 saturated carbocycles. The maximum atomic E-state index is 5.67. The zero-order valence-electron chi connectivity index (χ0n) is 6.99. The molecule has 0 radical (unpaired) electrons. The maximum absolute atomic E-state index is 5.67. The number of rotatable bonds is 1. The zero-order valence-corrected chi connectivity index (χ0v) is 6.99. The van der Waals surface area contributed by atoms with Gasteiger partial charge in [0.05, 0.1) is 6.10 Å². The van der Waals surface area contributed by atoms with Gasteiger partial charge in [0, 0.05) is 12.3 Å². The normalized spacial score (nSPS) is 22.8. The summed E-state index contributed by atoms with van der Waals surface area (Å²) in [7, 11) is 0. The van der Waals surface area contributed by atoms with E-state index in [2.05, 4.69) is 6.07 Å². The van der Waals surface area contributed by atoms with E-state index in [9.17, 15) is 0 Å². The second-order valence-electron chi connectivity index (χ2n) is 3.17. The summed E-state index contributed by atoms with van der Waals surface area (Å²) in [4.78, 5) is 0. The fourth-order valence-electron chi connectivity index (χ4n) is 1.60. The Bertz CT molecular complexity index is 266. The Balaban J connectivity index is 2.21. The van der Waals surface area contributed by atoms with Crippen molar-refractivity contribution >= 4 is 5.69 Å². The molecule has 0 spiro atoms. The second-order valence-corrected chi connectivity index (χ2v) is 3.17. The van der Waals surface area contributed by atoms with Crippen molar-refractivity contribution in [3.63, 3.8) is 0 Å². The summed E-state index contributed by atoms with van der Waals surface area (Å²) in [5.74, 6) is 0. The molecule has 1 atom stereocenters. The lowest BCUT2D eigenvalue weighted by Gasteiger charge is -2.09. The van der Waals surface area contributed by atoms with E-state index in [-0.39, 0.29) is 6.10 Å². The molecule has 64 valence electrons. The third-order valence-corrected chi connectivity index (χ3v) is 2.21. The molecule has 1 unspecified atom stereocenters. The van der Waals surface area contributed by atoms with Gasteiger partial charge in [0.2, 0.25) is 0 Å². The van der Waals surface area contributed by atoms with Crippen LogP contribution in [-0.4, -0.2) is 6.61 Å². The topological polar surface area (TPSA) is 35.2 Å². The largest absolute Gasteiger partial charge is 0.399 e. The Morgan fingerprint density at radius 3 is 3.00 bits per heavy atom. The summed E-state index contributed by atoms with van der Waals surface area (Å²) in [5.41, 5.74) is 7.71. The Hall–Kier alpha value is -1.02. The molecular weight excluding hydrogens is 150 g/mol. The SMILES string of the molecule is Nc1cccc(C2CCCO2)c1. The fourth-order valence-corrected chi connectivity index (χ4v) is 1.60. The summed E-state index contributed by atoms with van der Waals surface area (Å²) < 4.78 is 5.54. The molecular formula is C10H13NO. The minimum Gasteiger partial charge on any atom is -0.399 e. The van der Waals surface area contributed by atoms with Crippen LogP contribution in [0.3, 0.4) is 0 Å². The Labute approximate surface area is 72.3 Å². The molecule has 12 heavy (non-hydrogen) atoms. The van der Waals surface area contributed by atoms with Gasteiger partial charge in [-0.15, -0.1) is 0 Å². The Morgan fingerprint density at radius 2 is 2.33 bits per heavy atom. The second kappa shape index (κ2) is 3.15. The van der Waals surface area contributed by atoms with Crippen LogP contribution in [0.5, 0.6) is 0 Å². The lowest BCUT2D eigenvalue weighted by atomic mass is 10.1. The first kappa shape index (κ1) is 7.62. The van der Waals surface area contributed by atoms with E-state index >= 15 is 0 Å². The third-order valence-electron chi connectivity index (χ3n) is 2.21. The van der Waals surface area contributed by atoms with Crippen LogP contribution < -0.4 is 5.73 Å². The number of hydrogen-bond donors (Lipinski definition) is 1. The van der Waals surface area contributed by atoms with Gasteiger partial charge in [-0.3, -0.25) is 0 Å². The monoisotopic (exact) mass is 163 g/mol. The van der Waals surface area contributed by atoms with Crippen LogP contribution in [0, 0.1) is 0 Å². The van der Waals surface area contributed by atoms with Gasteiger partial charge in [0.1, 0.15) is 0 Å². The van der Waals surface area contributed by atoms with Gasteiger partial charge >= 0.3 is 0 Å². The standard InChI is InChI=1S/C10H13NO/c11-9-4-1-3-8(7-9)10-5-2-6-12-10/h1,3-4,7,10H,2,5-6,11H2. The fraction of sp³-hybridized carbons (Fsp3) is 0.400. The average molecular weight is 163 g/mol. The van der Waals surface area contributed by atoms with Gasteiger partial charge in [-0.05, 0) is 30.5 Å². The molecule has 1 fully saturated rings. The van der Waals surface area contributed by atoms with E-state index in [1.807, 2.05) is 18.2 Å². The highest BCUT2D eigenvalue weighted by atomic mass is 16.5. The molecule has 2 heteroatoms. The van der Waals surface area contributed by atoms with Crippen molar-refractivity contribution in [3.05, 3.63) is 29.8 Å². The van der Waals surface area contributed by atoms with E-state index < -0.39 is 0 Å². The number of ether oxygens (including phenoxy) is 1. The molecule has 0 amide bonds. The van der Waals surface area contributed by atoms with Crippen molar-refractivity contribution < 1.29 is 4.74 Å². The van der Waals surface area contributed by atoms with Gasteiger partial charge in [0.25, 0.3) is 0 Å². The molecule has 2 nitrogen and oxygen atoms in total. The van der Waals surface area contributed by atoms with Crippen LogP contribution >= 0.6 is 0 Å². The summed E-state index contributed by atoms with van der Waals surface area (Å²) in [6, 6.07) is 7.95. The van der Waals surface area contributed by atoms with Crippen molar-refractivity contribution in [2.75, 3.05) is 12.3 Å². The average Bonchev–Trinajstić information content (AvgIpc) is 2.56. The molecule has 1 aromatic carbocycles. The minimum absolute atomic E-state index is 0.286. The molecule has 0 aliphatic carbocycles. The molecule has 1 saturated heterocycles. The van der Waals surface area contributed by atoms with Crippen LogP contribution in [0.1, 0.15) is 24.5 Å². The van der Waals surface area contributed by atoms with Gasteiger partial charge < -0.3 is 10.5 Å². The van der Waals surface area contributed by atoms with Gasteiger partial charge in [-0.25, -0.2) is 0 Å². The molecule has 1 aliphatic rings. The van der Waals surface area contributed by atoms with Crippen molar-refractivity contribution in [3.8, 4) is 0 Å². The predicted molar refractivity (Wildman–Crippen MR) is 48.8 cm³/mol. The summed E-state index contributed by atoms with van der Waals surface area (Å²) in [6.07, 6.45) is 2.58. The lowest BCUT2D eigenvalue weighted by molar-refractivity contribution is 0.112. The molecule has 2 rings (SSSR count). The predicted octanol–water partition coefficient (Wildman–Crippen LogP) is 2.12. The number of nitrogens with two attached hydrogens (primary N) is 1. The van der Waals surface area contributed by atoms with Gasteiger partial charge in [0.15, 0.2) is 0 Å². The number of nitrogen functional groups attached to an aromatic ring is 1. The first-order valence-corrected chi connectivity index (χ1v) is 4.33. The van der Waals surface area contributed by atoms with E-state index in [4.69, 9.17) is 10.5 Å². The van der Waals surface area contributed by atoms with E-state index in [1.165, 1.54) is 12.0 Å². The smallest absolute Gasteiger partial charge is 0.0826 e. The first-order valence-electron chi connectivity index (χ1n) is 4.33. The van der Waals surface area contributed by atoms with Gasteiger partial charge in [-0.1, -0.05) is 12.1 Å². The highest BCUT2D eigenvalue weighted by molar-refractivity contribution is 5.41. The highest BCUT2D eigenvalue weighted by Gasteiger charge is 2.16. The van der Waals surface area contributed by atoms with Crippen molar-refractivity contribution in [2.45, 2.75) is 18.9 Å². The van der Waals surface area contributed by atoms with E-state index in [1.54, 1.807) is 0 Å². The van der Waals surface area contributed by atoms with Crippen LogP contribution in [0.15, 0.2) is 24.3 Å². The van der Waals surface area contributed by atoms with Crippen molar-refractivity contribution in [2.24, 2.45) is 0 Å². The maximum Gasteiger partial charge on any atom is 0.0826 e. The quantitative estimate of drug-likeness (QED) is 0.643. The van der Waals surface area contributed by atoms with Gasteiger partial charge in [-0.2, -0.15) is 0 Å². The molecule has 0 aromatic heterocycles. The summed E-state index contributed by atoms with van der Waals surface area (Å²) in [6.45, 7) is 0.888. The highest BCUT2D eigenvalue weighted by Crippen LogP contribution is 2.28. The lowest BCUT2D eigenvalue weighted by Crippen LogP contribution is -1.96. The van der Waals surface area contributed by atoms with Crippen molar-refractivity contribution in [1.29, 1.82) is 0 Å². The molecule has 0 bridgehead atoms. The minimum atomic E-state index is 0.286. The summed E-state index contributed by atoms with van der Waals surface area (Å²) >= 11 is 0. The molecule has 1 heterocycles. The third kappa shape index (κ3) is 1.43. The van der Waals surface area contributed by atoms with Crippen molar-refractivity contribution in [1.82, 2.24) is 0 Å².